The number of unbranched alkanes of at least 4 members (excludes halogenated alkanes) is 29. The molecular weight excluding hydrogens is 819 g/mol. The van der Waals surface area contributed by atoms with Crippen molar-refractivity contribution in [1.82, 2.24) is 0 Å². The van der Waals surface area contributed by atoms with E-state index in [0.29, 0.717) is 24.1 Å². The van der Waals surface area contributed by atoms with Crippen molar-refractivity contribution >= 4 is 18.4 Å². The molecule has 0 radical (unpaired) electrons. The van der Waals surface area contributed by atoms with Crippen LogP contribution in [0.4, 0.5) is 5.69 Å². The van der Waals surface area contributed by atoms with E-state index in [9.17, 15) is 19.2 Å². The highest BCUT2D eigenvalue weighted by Crippen LogP contribution is 2.18. The molecule has 1 aromatic rings. The molecule has 7 nitrogen and oxygen atoms in total. The van der Waals surface area contributed by atoms with Crippen LogP contribution in [-0.4, -0.2) is 45.7 Å². The molecule has 0 amide bonds. The third-order valence-electron chi connectivity index (χ3n) is 11.9. The third-order valence-corrected chi connectivity index (χ3v) is 11.9. The van der Waals surface area contributed by atoms with Crippen LogP contribution in [0, 0.1) is 6.92 Å². The van der Waals surface area contributed by atoms with Crippen LogP contribution in [0.2, 0.25) is 0 Å². The van der Waals surface area contributed by atoms with Gasteiger partial charge >= 0.3 is 0 Å². The molecule has 0 unspecified atom stereocenters. The Bertz CT molecular complexity index is 1060. The van der Waals surface area contributed by atoms with Gasteiger partial charge in [0.25, 0.3) is 6.47 Å². The first-order chi connectivity index (χ1) is 32.3. The van der Waals surface area contributed by atoms with Gasteiger partial charge in [-0.2, -0.15) is 0 Å². The van der Waals surface area contributed by atoms with Gasteiger partial charge in [-0.1, -0.05) is 249 Å². The first kappa shape index (κ1) is 73.0. The lowest BCUT2D eigenvalue weighted by atomic mass is 10.0. The van der Waals surface area contributed by atoms with Gasteiger partial charge in [0.1, 0.15) is 12.4 Å². The fraction of sp³-hybridized carbons (Fsp3) is 0.898. The highest BCUT2D eigenvalue weighted by Gasteiger charge is 2.22. The lowest BCUT2D eigenvalue weighted by Gasteiger charge is -2.27. The largest absolute Gasteiger partial charge is 0.465 e. The zero-order valence-corrected chi connectivity index (χ0v) is 46.9. The summed E-state index contributed by atoms with van der Waals surface area (Å²) in [4.78, 5) is 46.4. The molecule has 0 bridgehead atoms. The molecule has 0 aromatic heterocycles. The van der Waals surface area contributed by atoms with Gasteiger partial charge in [-0.25, -0.2) is 0 Å². The van der Waals surface area contributed by atoms with Crippen molar-refractivity contribution in [3.63, 3.8) is 0 Å². The number of ether oxygens (including phenoxy) is 2. The smallest absolute Gasteiger partial charge is 0.293 e. The van der Waals surface area contributed by atoms with Gasteiger partial charge in [-0.15, -0.1) is 0 Å². The Morgan fingerprint density at radius 2 is 0.758 bits per heavy atom. The molecule has 66 heavy (non-hydrogen) atoms. The monoisotopic (exact) mass is 938 g/mol. The second-order valence-electron chi connectivity index (χ2n) is 17.9. The van der Waals surface area contributed by atoms with E-state index in [1.165, 1.54) is 180 Å². The predicted octanol–water partition coefficient (Wildman–Crippen LogP) is 18.3. The van der Waals surface area contributed by atoms with Crippen molar-refractivity contribution in [2.75, 3.05) is 31.7 Å². The van der Waals surface area contributed by atoms with Gasteiger partial charge in [0.15, 0.2) is 0 Å². The summed E-state index contributed by atoms with van der Waals surface area (Å²) in [5.41, 5.74) is 0.702. The van der Waals surface area contributed by atoms with E-state index in [2.05, 4.69) is 46.4 Å². The topological polar surface area (TPSA) is 90.0 Å². The minimum Gasteiger partial charge on any atom is -0.465 e. The van der Waals surface area contributed by atoms with E-state index in [-0.39, 0.29) is 17.0 Å². The van der Waals surface area contributed by atoms with Crippen LogP contribution in [0.5, 0.6) is 0 Å². The van der Waals surface area contributed by atoms with Crippen LogP contribution < -0.4 is 15.8 Å². The Balaban J connectivity index is -0.000000268. The Morgan fingerprint density at radius 3 is 1.09 bits per heavy atom. The summed E-state index contributed by atoms with van der Waals surface area (Å²) in [6.45, 7) is 26.5. The average Bonchev–Trinajstić information content (AvgIpc) is 3.35. The molecule has 0 aliphatic carbocycles. The molecular formula is C59H119NO6. The van der Waals surface area contributed by atoms with Crippen molar-refractivity contribution in [1.29, 1.82) is 0 Å². The Hall–Kier alpha value is -2.02. The summed E-state index contributed by atoms with van der Waals surface area (Å²) in [5, 5.41) is 0. The molecule has 0 spiro atoms. The van der Waals surface area contributed by atoms with Crippen LogP contribution in [0.15, 0.2) is 9.59 Å². The van der Waals surface area contributed by atoms with Crippen LogP contribution in [-0.2, 0) is 19.1 Å². The third kappa shape index (κ3) is 54.6. The molecule has 396 valence electrons. The number of hydrogen-bond donors (Lipinski definition) is 0. The Kier molecular flexibility index (Phi) is 74.3. The van der Waals surface area contributed by atoms with Crippen LogP contribution in [0.3, 0.4) is 0 Å². The zero-order valence-electron chi connectivity index (χ0n) is 46.9. The lowest BCUT2D eigenvalue weighted by molar-refractivity contribution is -0.134. The maximum atomic E-state index is 11.9. The van der Waals surface area contributed by atoms with Crippen LogP contribution in [0.1, 0.15) is 312 Å². The number of carbonyl (C=O) groups is 2. The fourth-order valence-electron chi connectivity index (χ4n) is 7.72. The van der Waals surface area contributed by atoms with Crippen molar-refractivity contribution in [2.24, 2.45) is 0 Å². The SMILES string of the molecule is CC.CC.CCCCCC.CCCCCCCCC(CCCCCCCC)OC=O.CCCCCCCCCOC.CCCCCCCCN(CCCCCCCC=O)c1c(C)c(=O)c1=O. The van der Waals surface area contributed by atoms with Crippen LogP contribution in [0.25, 0.3) is 0 Å². The molecule has 1 rings (SSSR count). The van der Waals surface area contributed by atoms with Gasteiger partial charge in [0.05, 0.1) is 5.69 Å². The van der Waals surface area contributed by atoms with Crippen LogP contribution >= 0.6 is 0 Å². The van der Waals surface area contributed by atoms with Gasteiger partial charge in [-0.05, 0) is 58.3 Å². The lowest BCUT2D eigenvalue weighted by Crippen LogP contribution is -2.43. The van der Waals surface area contributed by atoms with Gasteiger partial charge in [0, 0.05) is 38.8 Å². The molecule has 7 heteroatoms. The molecule has 0 N–H and O–H groups in total. The molecule has 0 aliphatic rings. The quantitative estimate of drug-likeness (QED) is 0.0366. The maximum absolute atomic E-state index is 11.9. The summed E-state index contributed by atoms with van der Waals surface area (Å²) in [6, 6.07) is 0. The number of carbonyl (C=O) groups excluding carboxylic acids is 2. The predicted molar refractivity (Wildman–Crippen MR) is 295 cm³/mol. The zero-order chi connectivity index (χ0) is 50.6. The number of anilines is 1. The van der Waals surface area contributed by atoms with Gasteiger partial charge in [0.2, 0.25) is 10.9 Å². The van der Waals surface area contributed by atoms with Crippen molar-refractivity contribution in [3.8, 4) is 0 Å². The van der Waals surface area contributed by atoms with E-state index in [1.807, 2.05) is 27.7 Å². The summed E-state index contributed by atoms with van der Waals surface area (Å²) in [7, 11) is 1.77. The van der Waals surface area contributed by atoms with E-state index in [1.54, 1.807) is 14.0 Å². The van der Waals surface area contributed by atoms with E-state index in [4.69, 9.17) is 9.47 Å². The number of nitrogens with zero attached hydrogens (tertiary/aromatic N) is 1. The molecule has 0 aliphatic heterocycles. The second-order valence-corrected chi connectivity index (χ2v) is 17.9. The first-order valence-electron chi connectivity index (χ1n) is 28.9. The highest BCUT2D eigenvalue weighted by atomic mass is 16.5. The summed E-state index contributed by atoms with van der Waals surface area (Å²) >= 11 is 0. The number of methoxy groups -OCH3 is 1. The Morgan fingerprint density at radius 1 is 0.439 bits per heavy atom. The molecule has 0 saturated heterocycles. The average molecular weight is 939 g/mol. The number of aldehydes is 1. The van der Waals surface area contributed by atoms with E-state index >= 15 is 0 Å². The maximum Gasteiger partial charge on any atom is 0.293 e. The summed E-state index contributed by atoms with van der Waals surface area (Å²) in [5.74, 6) is 0. The second kappa shape index (κ2) is 67.3. The minimum atomic E-state index is -0.309. The number of rotatable bonds is 43. The Labute approximate surface area is 413 Å². The number of hydrogen-bond acceptors (Lipinski definition) is 7. The fourth-order valence-corrected chi connectivity index (χ4v) is 7.72. The normalized spacial score (nSPS) is 10.3. The standard InChI is InChI=1S/C21H35NO3.C18H36O2.C10H22O.C6H14.2C2H6/c1-3-4-5-6-9-12-15-22(19-18(2)20(24)21(19)25)16-13-10-7-8-11-14-17-23;1-3-5-7-9-11-13-15-18(20-17-19)16-14-12-10-8-6-4-2;1-3-4-5-6-7-8-9-10-11-2;1-3-5-6-4-2;2*1-2/h17H,3-16H2,1-2H3;17-18H,3-16H2,1-2H3;3-10H2,1-2H3;3-6H2,1-2H3;2*1-2H3. The van der Waals surface area contributed by atoms with Gasteiger partial charge in [-0.3, -0.25) is 14.4 Å². The van der Waals surface area contributed by atoms with Crippen molar-refractivity contribution in [2.45, 2.75) is 320 Å². The van der Waals surface area contributed by atoms with Gasteiger partial charge < -0.3 is 19.2 Å². The van der Waals surface area contributed by atoms with Crippen molar-refractivity contribution in [3.05, 3.63) is 26.0 Å². The van der Waals surface area contributed by atoms with E-state index in [0.717, 1.165) is 77.3 Å². The molecule has 1 aromatic carbocycles. The van der Waals surface area contributed by atoms with E-state index < -0.39 is 0 Å². The minimum absolute atomic E-state index is 0.171. The summed E-state index contributed by atoms with van der Waals surface area (Å²) < 4.78 is 10.2. The van der Waals surface area contributed by atoms with Crippen molar-refractivity contribution < 1.29 is 19.1 Å². The molecule has 0 saturated carbocycles. The molecule has 0 heterocycles. The molecule has 0 fully saturated rings. The molecule has 0 atom stereocenters. The first-order valence-corrected chi connectivity index (χ1v) is 28.9. The summed E-state index contributed by atoms with van der Waals surface area (Å²) in [6.07, 6.45) is 47.4. The highest BCUT2D eigenvalue weighted by molar-refractivity contribution is 5.57.